The van der Waals surface area contributed by atoms with Crippen molar-refractivity contribution in [3.63, 3.8) is 0 Å². The van der Waals surface area contributed by atoms with E-state index in [0.29, 0.717) is 12.4 Å². The number of nitrogens with zero attached hydrogens (tertiary/aromatic N) is 1. The summed E-state index contributed by atoms with van der Waals surface area (Å²) in [4.78, 5) is 15.7. The first-order valence-electron chi connectivity index (χ1n) is 5.54. The summed E-state index contributed by atoms with van der Waals surface area (Å²) in [5.74, 6) is 0.509. The molecule has 2 rings (SSSR count). The van der Waals surface area contributed by atoms with Crippen LogP contribution in [0.15, 0.2) is 51.5 Å². The van der Waals surface area contributed by atoms with Gasteiger partial charge in [0.2, 0.25) is 0 Å². The predicted molar refractivity (Wildman–Crippen MR) is 81.9 cm³/mol. The number of pyridine rings is 1. The number of anilines is 1. The van der Waals surface area contributed by atoms with Crippen LogP contribution in [0.5, 0.6) is 0 Å². The summed E-state index contributed by atoms with van der Waals surface area (Å²) in [5, 5.41) is 5.43. The van der Waals surface area contributed by atoms with E-state index in [1.54, 1.807) is 12.3 Å². The number of halogens is 2. The molecule has 2 aromatic rings. The van der Waals surface area contributed by atoms with Crippen molar-refractivity contribution in [2.24, 2.45) is 0 Å². The van der Waals surface area contributed by atoms with Crippen molar-refractivity contribution in [3.8, 4) is 0 Å². The quantitative estimate of drug-likeness (QED) is 0.842. The highest BCUT2D eigenvalue weighted by molar-refractivity contribution is 9.10. The predicted octanol–water partition coefficient (Wildman–Crippen LogP) is 3.93. The standard InChI is InChI=1S/C13H11Br2N3O/c14-10-3-1-2-9(6-10)7-17-13(19)18-12-5-4-11(15)8-16-12/h1-6,8H,7H2,(H2,16,17,18,19). The molecule has 0 bridgehead atoms. The fourth-order valence-electron chi connectivity index (χ4n) is 1.44. The Bertz CT molecular complexity index is 572. The van der Waals surface area contributed by atoms with E-state index < -0.39 is 0 Å². The van der Waals surface area contributed by atoms with Gasteiger partial charge in [-0.25, -0.2) is 9.78 Å². The average Bonchev–Trinajstić information content (AvgIpc) is 2.39. The molecule has 4 nitrogen and oxygen atoms in total. The lowest BCUT2D eigenvalue weighted by Gasteiger charge is -2.07. The van der Waals surface area contributed by atoms with Crippen molar-refractivity contribution in [1.82, 2.24) is 10.3 Å². The van der Waals surface area contributed by atoms with Gasteiger partial charge in [0, 0.05) is 21.7 Å². The first-order valence-corrected chi connectivity index (χ1v) is 7.13. The van der Waals surface area contributed by atoms with E-state index in [1.807, 2.05) is 30.3 Å². The van der Waals surface area contributed by atoms with Crippen molar-refractivity contribution in [2.45, 2.75) is 6.54 Å². The van der Waals surface area contributed by atoms with Gasteiger partial charge in [0.1, 0.15) is 5.82 Å². The molecule has 2 N–H and O–H groups in total. The molecule has 0 radical (unpaired) electrons. The molecule has 0 saturated carbocycles. The van der Waals surface area contributed by atoms with E-state index in [-0.39, 0.29) is 6.03 Å². The van der Waals surface area contributed by atoms with Gasteiger partial charge in [0.15, 0.2) is 0 Å². The van der Waals surface area contributed by atoms with Crippen LogP contribution in [0.4, 0.5) is 10.6 Å². The first-order chi connectivity index (χ1) is 9.13. The van der Waals surface area contributed by atoms with Gasteiger partial charge in [-0.05, 0) is 45.8 Å². The van der Waals surface area contributed by atoms with Gasteiger partial charge in [0.05, 0.1) is 0 Å². The molecule has 0 spiro atoms. The van der Waals surface area contributed by atoms with Crippen LogP contribution in [0.1, 0.15) is 5.56 Å². The molecule has 1 aromatic heterocycles. The molecular weight excluding hydrogens is 374 g/mol. The van der Waals surface area contributed by atoms with Crippen molar-refractivity contribution >= 4 is 43.7 Å². The number of aromatic nitrogens is 1. The summed E-state index contributed by atoms with van der Waals surface area (Å²) in [5.41, 5.74) is 1.02. The maximum Gasteiger partial charge on any atom is 0.320 e. The van der Waals surface area contributed by atoms with Crippen molar-refractivity contribution in [1.29, 1.82) is 0 Å². The van der Waals surface area contributed by atoms with Crippen LogP contribution in [0.2, 0.25) is 0 Å². The molecule has 1 heterocycles. The van der Waals surface area contributed by atoms with Gasteiger partial charge in [-0.3, -0.25) is 5.32 Å². The summed E-state index contributed by atoms with van der Waals surface area (Å²) in [7, 11) is 0. The van der Waals surface area contributed by atoms with Crippen LogP contribution in [0.25, 0.3) is 0 Å². The van der Waals surface area contributed by atoms with Gasteiger partial charge < -0.3 is 5.32 Å². The minimum atomic E-state index is -0.283. The van der Waals surface area contributed by atoms with Crippen molar-refractivity contribution in [2.75, 3.05) is 5.32 Å². The Morgan fingerprint density at radius 2 is 2.00 bits per heavy atom. The van der Waals surface area contributed by atoms with Crippen LogP contribution in [0.3, 0.4) is 0 Å². The summed E-state index contributed by atoms with van der Waals surface area (Å²) >= 11 is 6.67. The van der Waals surface area contributed by atoms with E-state index in [4.69, 9.17) is 0 Å². The summed E-state index contributed by atoms with van der Waals surface area (Å²) < 4.78 is 1.86. The minimum absolute atomic E-state index is 0.283. The average molecular weight is 385 g/mol. The molecule has 0 atom stereocenters. The molecule has 2 amide bonds. The second-order valence-corrected chi connectivity index (χ2v) is 5.63. The van der Waals surface area contributed by atoms with Gasteiger partial charge in [-0.15, -0.1) is 0 Å². The number of nitrogens with one attached hydrogen (secondary N) is 2. The van der Waals surface area contributed by atoms with Gasteiger partial charge in [0.25, 0.3) is 0 Å². The molecule has 6 heteroatoms. The zero-order chi connectivity index (χ0) is 13.7. The Kier molecular flexibility index (Phi) is 4.93. The SMILES string of the molecule is O=C(NCc1cccc(Br)c1)Nc1ccc(Br)cn1. The maximum absolute atomic E-state index is 11.7. The number of rotatable bonds is 3. The molecule has 0 saturated heterocycles. The number of urea groups is 1. The van der Waals surface area contributed by atoms with E-state index in [9.17, 15) is 4.79 Å². The number of hydrogen-bond donors (Lipinski definition) is 2. The van der Waals surface area contributed by atoms with E-state index in [0.717, 1.165) is 14.5 Å². The van der Waals surface area contributed by atoms with Gasteiger partial charge in [-0.2, -0.15) is 0 Å². The van der Waals surface area contributed by atoms with Crippen molar-refractivity contribution < 1.29 is 4.79 Å². The van der Waals surface area contributed by atoms with E-state index in [1.165, 1.54) is 0 Å². The van der Waals surface area contributed by atoms with Crippen LogP contribution < -0.4 is 10.6 Å². The molecule has 19 heavy (non-hydrogen) atoms. The van der Waals surface area contributed by atoms with Gasteiger partial charge in [-0.1, -0.05) is 28.1 Å². The second kappa shape index (κ2) is 6.68. The lowest BCUT2D eigenvalue weighted by molar-refractivity contribution is 0.251. The first kappa shape index (κ1) is 14.0. The van der Waals surface area contributed by atoms with E-state index in [2.05, 4.69) is 47.5 Å². The molecule has 0 aliphatic carbocycles. The Labute approximate surface area is 127 Å². The highest BCUT2D eigenvalue weighted by atomic mass is 79.9. The fraction of sp³-hybridized carbons (Fsp3) is 0.0769. The minimum Gasteiger partial charge on any atom is -0.334 e. The summed E-state index contributed by atoms with van der Waals surface area (Å²) in [6, 6.07) is 11.0. The molecule has 1 aromatic carbocycles. The molecular formula is C13H11Br2N3O. The summed E-state index contributed by atoms with van der Waals surface area (Å²) in [6.07, 6.45) is 1.63. The number of hydrogen-bond acceptors (Lipinski definition) is 2. The Balaban J connectivity index is 1.86. The third-order valence-electron chi connectivity index (χ3n) is 2.31. The monoisotopic (exact) mass is 383 g/mol. The lowest BCUT2D eigenvalue weighted by atomic mass is 10.2. The van der Waals surface area contributed by atoms with Crippen LogP contribution in [0, 0.1) is 0 Å². The zero-order valence-electron chi connectivity index (χ0n) is 9.86. The normalized spacial score (nSPS) is 10.0. The highest BCUT2D eigenvalue weighted by Gasteiger charge is 2.02. The number of carbonyl (C=O) groups is 1. The van der Waals surface area contributed by atoms with Crippen molar-refractivity contribution in [3.05, 3.63) is 57.1 Å². The van der Waals surface area contributed by atoms with Crippen LogP contribution in [-0.2, 0) is 6.54 Å². The maximum atomic E-state index is 11.7. The summed E-state index contributed by atoms with van der Waals surface area (Å²) in [6.45, 7) is 0.460. The third-order valence-corrected chi connectivity index (χ3v) is 3.27. The number of amides is 2. The largest absolute Gasteiger partial charge is 0.334 e. The number of carbonyl (C=O) groups excluding carboxylic acids is 1. The third kappa shape index (κ3) is 4.65. The molecule has 0 aliphatic rings. The van der Waals surface area contributed by atoms with Gasteiger partial charge >= 0.3 is 6.03 Å². The topological polar surface area (TPSA) is 54.0 Å². The number of benzene rings is 1. The van der Waals surface area contributed by atoms with Crippen LogP contribution in [-0.4, -0.2) is 11.0 Å². The zero-order valence-corrected chi connectivity index (χ0v) is 13.0. The van der Waals surface area contributed by atoms with E-state index >= 15 is 0 Å². The highest BCUT2D eigenvalue weighted by Crippen LogP contribution is 2.12. The molecule has 0 fully saturated rings. The molecule has 0 unspecified atom stereocenters. The molecule has 98 valence electrons. The smallest absolute Gasteiger partial charge is 0.320 e. The Morgan fingerprint density at radius 1 is 1.16 bits per heavy atom. The van der Waals surface area contributed by atoms with Crippen LogP contribution >= 0.6 is 31.9 Å². The fourth-order valence-corrected chi connectivity index (χ4v) is 2.12. The second-order valence-electron chi connectivity index (χ2n) is 3.80. The Hall–Kier alpha value is -1.40. The molecule has 0 aliphatic heterocycles. The lowest BCUT2D eigenvalue weighted by Crippen LogP contribution is -2.28. The Morgan fingerprint density at radius 3 is 2.68 bits per heavy atom.